The number of sulfone groups is 1. The second kappa shape index (κ2) is 6.18. The van der Waals surface area contributed by atoms with Gasteiger partial charge in [0.1, 0.15) is 5.75 Å². The fourth-order valence-electron chi connectivity index (χ4n) is 1.47. The van der Waals surface area contributed by atoms with Gasteiger partial charge in [0.25, 0.3) is 0 Å². The van der Waals surface area contributed by atoms with Crippen LogP contribution in [0.15, 0.2) is 23.4 Å². The van der Waals surface area contributed by atoms with E-state index in [0.29, 0.717) is 5.56 Å². The topological polar surface area (TPSA) is 148 Å². The second-order valence-electron chi connectivity index (χ2n) is 4.16. The first-order valence-electron chi connectivity index (χ1n) is 5.42. The van der Waals surface area contributed by atoms with E-state index in [1.165, 1.54) is 25.3 Å². The highest BCUT2D eigenvalue weighted by molar-refractivity contribution is 8.08. The molecule has 1 rings (SSSR count). The fourth-order valence-corrected chi connectivity index (χ4v) is 4.47. The molecule has 0 radical (unpaired) electrons. The minimum absolute atomic E-state index is 0.0376. The summed E-state index contributed by atoms with van der Waals surface area (Å²) in [6.45, 7) is 0. The highest BCUT2D eigenvalue weighted by atomic mass is 32.3. The van der Waals surface area contributed by atoms with Gasteiger partial charge in [0.2, 0.25) is 10.0 Å². The highest BCUT2D eigenvalue weighted by Crippen LogP contribution is 2.26. The van der Waals surface area contributed by atoms with Crippen LogP contribution in [0.3, 0.4) is 0 Å². The Morgan fingerprint density at radius 3 is 2.48 bits per heavy atom. The molecule has 0 amide bonds. The van der Waals surface area contributed by atoms with Crippen LogP contribution < -0.4 is 15.2 Å². The quantitative estimate of drug-likeness (QED) is 0.275. The molecule has 1 aromatic rings. The molecule has 11 heteroatoms. The van der Waals surface area contributed by atoms with Crippen molar-refractivity contribution in [3.63, 3.8) is 0 Å². The van der Waals surface area contributed by atoms with Crippen LogP contribution in [0.4, 0.5) is 5.69 Å². The summed E-state index contributed by atoms with van der Waals surface area (Å²) in [6, 6.07) is 4.04. The lowest BCUT2D eigenvalue weighted by Crippen LogP contribution is -2.22. The van der Waals surface area contributed by atoms with Gasteiger partial charge in [-0.25, -0.2) is 16.8 Å². The molecule has 0 aliphatic carbocycles. The largest absolute Gasteiger partial charge is 0.495 e. The molecule has 0 aliphatic heterocycles. The Labute approximate surface area is 122 Å². The lowest BCUT2D eigenvalue weighted by Gasteiger charge is -2.12. The number of rotatable bonds is 6. The number of anilines is 1. The Morgan fingerprint density at radius 2 is 2.00 bits per heavy atom. The lowest BCUT2D eigenvalue weighted by atomic mass is 10.2. The Hall–Kier alpha value is -2.01. The van der Waals surface area contributed by atoms with Gasteiger partial charge in [0.15, 0.2) is 20.8 Å². The van der Waals surface area contributed by atoms with Gasteiger partial charge in [0, 0.05) is 11.8 Å². The number of methoxy groups -OCH3 is 1. The molecule has 9 nitrogen and oxygen atoms in total. The summed E-state index contributed by atoms with van der Waals surface area (Å²) in [5.41, 5.74) is 5.75. The van der Waals surface area contributed by atoms with Crippen molar-refractivity contribution in [1.82, 2.24) is 0 Å². The van der Waals surface area contributed by atoms with Gasteiger partial charge in [0.05, 0.1) is 12.8 Å². The van der Waals surface area contributed by atoms with Gasteiger partial charge in [-0.2, -0.15) is 0 Å². The third-order valence-corrected chi connectivity index (χ3v) is 5.72. The molecule has 0 fully saturated rings. The van der Waals surface area contributed by atoms with Crippen LogP contribution in [0.5, 0.6) is 5.75 Å². The molecule has 0 heterocycles. The standard InChI is InChI=1S/C10H15N3O6S2/c1-19-9-5-7(10(11)12-14)3-4-8(9)13-21(17,18)6-20(2,15)16/h3-5,13-14H,6H2,1-2H3,(H2,11,12). The average molecular weight is 337 g/mol. The number of amidine groups is 1. The molecular weight excluding hydrogens is 322 g/mol. The zero-order valence-electron chi connectivity index (χ0n) is 11.3. The van der Waals surface area contributed by atoms with Gasteiger partial charge < -0.3 is 15.7 Å². The van der Waals surface area contributed by atoms with E-state index in [-0.39, 0.29) is 17.3 Å². The molecule has 0 unspecified atom stereocenters. The number of hydrogen-bond donors (Lipinski definition) is 3. The van der Waals surface area contributed by atoms with Crippen molar-refractivity contribution in [3.8, 4) is 5.75 Å². The summed E-state index contributed by atoms with van der Waals surface area (Å²) in [5.74, 6) is -0.0879. The maximum Gasteiger partial charge on any atom is 0.247 e. The van der Waals surface area contributed by atoms with Gasteiger partial charge in [-0.05, 0) is 18.2 Å². The van der Waals surface area contributed by atoms with Gasteiger partial charge >= 0.3 is 0 Å². The molecule has 1 aromatic carbocycles. The van der Waals surface area contributed by atoms with Crippen molar-refractivity contribution in [2.75, 3.05) is 23.2 Å². The Balaban J connectivity index is 3.15. The van der Waals surface area contributed by atoms with Crippen molar-refractivity contribution in [3.05, 3.63) is 23.8 Å². The van der Waals surface area contributed by atoms with Crippen LogP contribution in [0, 0.1) is 0 Å². The Kier molecular flexibility index (Phi) is 5.01. The number of nitrogens with zero attached hydrogens (tertiary/aromatic N) is 1. The summed E-state index contributed by atoms with van der Waals surface area (Å²) in [4.78, 5) is 0. The summed E-state index contributed by atoms with van der Waals surface area (Å²) >= 11 is 0. The molecule has 0 bridgehead atoms. The first kappa shape index (κ1) is 17.0. The van der Waals surface area contributed by atoms with E-state index in [0.717, 1.165) is 6.26 Å². The maximum atomic E-state index is 11.7. The number of hydrogen-bond acceptors (Lipinski definition) is 7. The van der Waals surface area contributed by atoms with Crippen LogP contribution in [-0.2, 0) is 19.9 Å². The number of nitrogens with two attached hydrogens (primary N) is 1. The Bertz CT molecular complexity index is 755. The van der Waals surface area contributed by atoms with E-state index in [1.807, 2.05) is 0 Å². The zero-order chi connectivity index (χ0) is 16.3. The molecule has 0 aromatic heterocycles. The molecule has 0 saturated heterocycles. The molecular formula is C10H15N3O6S2. The van der Waals surface area contributed by atoms with Crippen molar-refractivity contribution >= 4 is 31.4 Å². The summed E-state index contributed by atoms with van der Waals surface area (Å²) in [6.07, 6.45) is 0.810. The van der Waals surface area contributed by atoms with Crippen molar-refractivity contribution < 1.29 is 26.8 Å². The predicted molar refractivity (Wildman–Crippen MR) is 77.8 cm³/mol. The predicted octanol–water partition coefficient (Wildman–Crippen LogP) is -0.466. The van der Waals surface area contributed by atoms with E-state index >= 15 is 0 Å². The van der Waals surface area contributed by atoms with Crippen LogP contribution in [0.2, 0.25) is 0 Å². The van der Waals surface area contributed by atoms with E-state index in [2.05, 4.69) is 9.88 Å². The molecule has 0 aliphatic rings. The number of oxime groups is 1. The minimum atomic E-state index is -4.09. The first-order valence-corrected chi connectivity index (χ1v) is 9.13. The molecule has 21 heavy (non-hydrogen) atoms. The number of benzene rings is 1. The first-order chi connectivity index (χ1) is 9.58. The van der Waals surface area contributed by atoms with Crippen LogP contribution in [0.1, 0.15) is 5.56 Å². The van der Waals surface area contributed by atoms with Crippen LogP contribution in [-0.4, -0.2) is 46.3 Å². The summed E-state index contributed by atoms with van der Waals surface area (Å²) < 4.78 is 52.7. The van der Waals surface area contributed by atoms with Crippen molar-refractivity contribution in [1.29, 1.82) is 0 Å². The van der Waals surface area contributed by atoms with Gasteiger partial charge in [-0.3, -0.25) is 4.72 Å². The normalized spacial score (nSPS) is 13.0. The third-order valence-electron chi connectivity index (χ3n) is 2.24. The minimum Gasteiger partial charge on any atom is -0.495 e. The highest BCUT2D eigenvalue weighted by Gasteiger charge is 2.20. The monoisotopic (exact) mass is 337 g/mol. The summed E-state index contributed by atoms with van der Waals surface area (Å²) in [7, 11) is -6.51. The number of ether oxygens (including phenoxy) is 1. The smallest absolute Gasteiger partial charge is 0.247 e. The average Bonchev–Trinajstić information content (AvgIpc) is 2.34. The second-order valence-corrected chi connectivity index (χ2v) is 8.39. The van der Waals surface area contributed by atoms with E-state index < -0.39 is 24.9 Å². The van der Waals surface area contributed by atoms with Gasteiger partial charge in [-0.1, -0.05) is 5.16 Å². The van der Waals surface area contributed by atoms with Gasteiger partial charge in [-0.15, -0.1) is 0 Å². The summed E-state index contributed by atoms with van der Waals surface area (Å²) in [5, 5.41) is 10.3. The number of nitrogens with one attached hydrogen (secondary N) is 1. The molecule has 0 saturated carbocycles. The van der Waals surface area contributed by atoms with Crippen LogP contribution >= 0.6 is 0 Å². The number of sulfonamides is 1. The molecule has 4 N–H and O–H groups in total. The molecule has 118 valence electrons. The van der Waals surface area contributed by atoms with Crippen LogP contribution in [0.25, 0.3) is 0 Å². The SMILES string of the molecule is COc1cc(/C(N)=N/O)ccc1NS(=O)(=O)CS(C)(=O)=O. The lowest BCUT2D eigenvalue weighted by molar-refractivity contribution is 0.318. The molecule has 0 spiro atoms. The van der Waals surface area contributed by atoms with Crippen molar-refractivity contribution in [2.45, 2.75) is 0 Å². The maximum absolute atomic E-state index is 11.7. The zero-order valence-corrected chi connectivity index (χ0v) is 12.9. The third kappa shape index (κ3) is 5.11. The van der Waals surface area contributed by atoms with E-state index in [1.54, 1.807) is 0 Å². The van der Waals surface area contributed by atoms with E-state index in [4.69, 9.17) is 15.7 Å². The fraction of sp³-hybridized carbons (Fsp3) is 0.300. The Morgan fingerprint density at radius 1 is 1.38 bits per heavy atom. The van der Waals surface area contributed by atoms with E-state index in [9.17, 15) is 16.8 Å². The molecule has 0 atom stereocenters. The van der Waals surface area contributed by atoms with Crippen molar-refractivity contribution in [2.24, 2.45) is 10.9 Å².